The Morgan fingerprint density at radius 2 is 1.81 bits per heavy atom. The van der Waals surface area contributed by atoms with Crippen LogP contribution in [0.1, 0.15) is 20.8 Å². The third kappa shape index (κ3) is 3.81. The number of carboxylic acid groups (broad SMARTS) is 1. The normalized spacial score (nSPS) is 12.2. The number of ether oxygens (including phenoxy) is 1. The van der Waals surface area contributed by atoms with Gasteiger partial charge in [0.05, 0.1) is 6.10 Å². The smallest absolute Gasteiger partial charge is 0.325 e. The van der Waals surface area contributed by atoms with Crippen molar-refractivity contribution in [2.75, 3.05) is 5.32 Å². The van der Waals surface area contributed by atoms with Crippen molar-refractivity contribution >= 4 is 11.7 Å². The summed E-state index contributed by atoms with van der Waals surface area (Å²) in [5.74, 6) is -0.0916. The highest BCUT2D eigenvalue weighted by molar-refractivity contribution is 5.76. The molecule has 0 aliphatic rings. The summed E-state index contributed by atoms with van der Waals surface area (Å²) in [7, 11) is 0. The zero-order chi connectivity index (χ0) is 12.1. The monoisotopic (exact) mass is 223 g/mol. The number of carbonyl (C=O) groups is 1. The molecule has 1 aromatic carbocycles. The van der Waals surface area contributed by atoms with Crippen LogP contribution < -0.4 is 10.1 Å². The van der Waals surface area contributed by atoms with Gasteiger partial charge in [0.25, 0.3) is 0 Å². The summed E-state index contributed by atoms with van der Waals surface area (Å²) in [6.45, 7) is 5.51. The second-order valence-electron chi connectivity index (χ2n) is 3.90. The molecule has 4 heteroatoms. The Kier molecular flexibility index (Phi) is 4.17. The lowest BCUT2D eigenvalue weighted by molar-refractivity contribution is -0.137. The Morgan fingerprint density at radius 3 is 2.25 bits per heavy atom. The van der Waals surface area contributed by atoms with Crippen molar-refractivity contribution in [1.82, 2.24) is 0 Å². The van der Waals surface area contributed by atoms with Gasteiger partial charge in [-0.15, -0.1) is 0 Å². The molecule has 1 atom stereocenters. The predicted octanol–water partition coefficient (Wildman–Crippen LogP) is 2.36. The molecule has 0 heterocycles. The van der Waals surface area contributed by atoms with Crippen LogP contribution in [0.3, 0.4) is 0 Å². The fourth-order valence-electron chi connectivity index (χ4n) is 1.21. The molecular formula is C12H17NO3. The van der Waals surface area contributed by atoms with E-state index in [1.165, 1.54) is 0 Å². The molecule has 88 valence electrons. The van der Waals surface area contributed by atoms with Crippen molar-refractivity contribution < 1.29 is 14.6 Å². The van der Waals surface area contributed by atoms with Crippen molar-refractivity contribution in [2.24, 2.45) is 0 Å². The van der Waals surface area contributed by atoms with Crippen LogP contribution >= 0.6 is 0 Å². The van der Waals surface area contributed by atoms with Crippen LogP contribution in [-0.4, -0.2) is 23.2 Å². The molecule has 1 rings (SSSR count). The van der Waals surface area contributed by atoms with Gasteiger partial charge in [0.2, 0.25) is 0 Å². The van der Waals surface area contributed by atoms with Crippen molar-refractivity contribution in [1.29, 1.82) is 0 Å². The van der Waals surface area contributed by atoms with Crippen LogP contribution in [0.25, 0.3) is 0 Å². The molecule has 1 aromatic rings. The second-order valence-corrected chi connectivity index (χ2v) is 3.90. The van der Waals surface area contributed by atoms with E-state index in [1.54, 1.807) is 19.1 Å². The van der Waals surface area contributed by atoms with Gasteiger partial charge in [-0.05, 0) is 45.0 Å². The molecule has 0 amide bonds. The van der Waals surface area contributed by atoms with E-state index in [4.69, 9.17) is 9.84 Å². The zero-order valence-electron chi connectivity index (χ0n) is 9.73. The van der Waals surface area contributed by atoms with Gasteiger partial charge in [-0.1, -0.05) is 0 Å². The molecule has 0 fully saturated rings. The molecule has 0 spiro atoms. The lowest BCUT2D eigenvalue weighted by Crippen LogP contribution is -2.25. The second kappa shape index (κ2) is 5.39. The fourth-order valence-corrected chi connectivity index (χ4v) is 1.21. The van der Waals surface area contributed by atoms with Crippen molar-refractivity contribution in [3.8, 4) is 5.75 Å². The molecular weight excluding hydrogens is 206 g/mol. The van der Waals surface area contributed by atoms with E-state index in [9.17, 15) is 4.79 Å². The van der Waals surface area contributed by atoms with Gasteiger partial charge in [0.1, 0.15) is 11.8 Å². The zero-order valence-corrected chi connectivity index (χ0v) is 9.73. The van der Waals surface area contributed by atoms with Crippen LogP contribution in [0.15, 0.2) is 24.3 Å². The molecule has 0 saturated heterocycles. The van der Waals surface area contributed by atoms with Crippen LogP contribution in [0.2, 0.25) is 0 Å². The maximum Gasteiger partial charge on any atom is 0.325 e. The van der Waals surface area contributed by atoms with Gasteiger partial charge >= 0.3 is 5.97 Å². The number of nitrogens with one attached hydrogen (secondary N) is 1. The highest BCUT2D eigenvalue weighted by Gasteiger charge is 2.09. The highest BCUT2D eigenvalue weighted by atomic mass is 16.5. The third-order valence-electron chi connectivity index (χ3n) is 1.98. The number of rotatable bonds is 5. The van der Waals surface area contributed by atoms with Gasteiger partial charge in [-0.3, -0.25) is 4.79 Å². The van der Waals surface area contributed by atoms with E-state index in [-0.39, 0.29) is 6.10 Å². The Morgan fingerprint density at radius 1 is 1.25 bits per heavy atom. The molecule has 4 nitrogen and oxygen atoms in total. The Labute approximate surface area is 95.2 Å². The predicted molar refractivity (Wildman–Crippen MR) is 62.9 cm³/mol. The topological polar surface area (TPSA) is 58.6 Å². The maximum atomic E-state index is 10.6. The minimum Gasteiger partial charge on any atom is -0.491 e. The average molecular weight is 223 g/mol. The molecule has 0 aliphatic carbocycles. The summed E-state index contributed by atoms with van der Waals surface area (Å²) >= 11 is 0. The summed E-state index contributed by atoms with van der Waals surface area (Å²) in [4.78, 5) is 10.6. The van der Waals surface area contributed by atoms with Gasteiger partial charge in [0.15, 0.2) is 0 Å². The Hall–Kier alpha value is -1.71. The van der Waals surface area contributed by atoms with Crippen molar-refractivity contribution in [3.63, 3.8) is 0 Å². The average Bonchev–Trinajstić information content (AvgIpc) is 2.20. The summed E-state index contributed by atoms with van der Waals surface area (Å²) in [6, 6.07) is 6.64. The van der Waals surface area contributed by atoms with Crippen LogP contribution in [-0.2, 0) is 4.79 Å². The lowest BCUT2D eigenvalue weighted by Gasteiger charge is -2.13. The van der Waals surface area contributed by atoms with Crippen LogP contribution in [0, 0.1) is 0 Å². The fraction of sp³-hybridized carbons (Fsp3) is 0.417. The number of benzene rings is 1. The number of carboxylic acids is 1. The summed E-state index contributed by atoms with van der Waals surface area (Å²) in [6.07, 6.45) is 0.136. The first kappa shape index (κ1) is 12.4. The highest BCUT2D eigenvalue weighted by Crippen LogP contribution is 2.17. The van der Waals surface area contributed by atoms with E-state index >= 15 is 0 Å². The SMILES string of the molecule is CC(C)Oc1ccc(N[C@@H](C)C(=O)O)cc1. The van der Waals surface area contributed by atoms with Crippen molar-refractivity contribution in [2.45, 2.75) is 32.9 Å². The van der Waals surface area contributed by atoms with E-state index in [0.29, 0.717) is 0 Å². The molecule has 0 radical (unpaired) electrons. The van der Waals surface area contributed by atoms with Crippen molar-refractivity contribution in [3.05, 3.63) is 24.3 Å². The number of hydrogen-bond donors (Lipinski definition) is 2. The van der Waals surface area contributed by atoms with E-state index in [0.717, 1.165) is 11.4 Å². The van der Waals surface area contributed by atoms with E-state index in [1.807, 2.05) is 26.0 Å². The standard InChI is InChI=1S/C12H17NO3/c1-8(2)16-11-6-4-10(5-7-11)13-9(3)12(14)15/h4-9,13H,1-3H3,(H,14,15)/t9-/m0/s1. The summed E-state index contributed by atoms with van der Waals surface area (Å²) < 4.78 is 5.48. The first-order valence-corrected chi connectivity index (χ1v) is 5.25. The molecule has 2 N–H and O–H groups in total. The molecule has 0 aromatic heterocycles. The molecule has 0 unspecified atom stereocenters. The third-order valence-corrected chi connectivity index (χ3v) is 1.98. The lowest BCUT2D eigenvalue weighted by atomic mass is 10.2. The van der Waals surface area contributed by atoms with Gasteiger partial charge in [0, 0.05) is 5.69 Å². The first-order chi connectivity index (χ1) is 7.49. The van der Waals surface area contributed by atoms with E-state index < -0.39 is 12.0 Å². The number of anilines is 1. The summed E-state index contributed by atoms with van der Waals surface area (Å²) in [5.41, 5.74) is 0.769. The van der Waals surface area contributed by atoms with E-state index in [2.05, 4.69) is 5.32 Å². The minimum absolute atomic E-state index is 0.136. The molecule has 16 heavy (non-hydrogen) atoms. The first-order valence-electron chi connectivity index (χ1n) is 5.25. The maximum absolute atomic E-state index is 10.6. The number of hydrogen-bond acceptors (Lipinski definition) is 3. The van der Waals surface area contributed by atoms with Crippen LogP contribution in [0.4, 0.5) is 5.69 Å². The number of aliphatic carboxylic acids is 1. The Bertz CT molecular complexity index is 346. The summed E-state index contributed by atoms with van der Waals surface area (Å²) in [5, 5.41) is 11.6. The quantitative estimate of drug-likeness (QED) is 0.804. The largest absolute Gasteiger partial charge is 0.491 e. The van der Waals surface area contributed by atoms with Gasteiger partial charge in [-0.2, -0.15) is 0 Å². The minimum atomic E-state index is -0.873. The molecule has 0 aliphatic heterocycles. The molecule has 0 saturated carbocycles. The van der Waals surface area contributed by atoms with Crippen LogP contribution in [0.5, 0.6) is 5.75 Å². The molecule has 0 bridgehead atoms. The Balaban J connectivity index is 2.61. The van der Waals surface area contributed by atoms with Gasteiger partial charge < -0.3 is 15.2 Å². The van der Waals surface area contributed by atoms with Gasteiger partial charge in [-0.25, -0.2) is 0 Å².